The van der Waals surface area contributed by atoms with Gasteiger partial charge in [-0.15, -0.1) is 0 Å². The first-order valence-electron chi connectivity index (χ1n) is 7.61. The smallest absolute Gasteiger partial charge is 0.252 e. The van der Waals surface area contributed by atoms with E-state index in [1.54, 1.807) is 0 Å². The van der Waals surface area contributed by atoms with Crippen molar-refractivity contribution in [1.29, 1.82) is 0 Å². The Bertz CT molecular complexity index is 523. The molecule has 3 unspecified atom stereocenters. The summed E-state index contributed by atoms with van der Waals surface area (Å²) in [5, 5.41) is 0.731. The van der Waals surface area contributed by atoms with E-state index in [0.29, 0.717) is 6.54 Å². The summed E-state index contributed by atoms with van der Waals surface area (Å²) in [6.45, 7) is 1.26. The van der Waals surface area contributed by atoms with Crippen LogP contribution >= 0.6 is 11.6 Å². The molecule has 3 rings (SSSR count). The second-order valence-electron chi connectivity index (χ2n) is 5.77. The van der Waals surface area contributed by atoms with Crippen LogP contribution in [0.5, 0.6) is 0 Å². The Morgan fingerprint density at radius 3 is 2.86 bits per heavy atom. The zero-order valence-corrected chi connectivity index (χ0v) is 12.8. The molecule has 2 saturated heterocycles. The molecule has 2 aliphatic heterocycles. The van der Waals surface area contributed by atoms with Crippen LogP contribution in [0.3, 0.4) is 0 Å². The molecule has 21 heavy (non-hydrogen) atoms. The van der Waals surface area contributed by atoms with Gasteiger partial charge < -0.3 is 15.4 Å². The summed E-state index contributed by atoms with van der Waals surface area (Å²) in [5.41, 5.74) is 6.66. The van der Waals surface area contributed by atoms with Crippen LogP contribution in [0, 0.1) is 0 Å². The quantitative estimate of drug-likeness (QED) is 0.933. The van der Waals surface area contributed by atoms with Crippen molar-refractivity contribution < 1.29 is 9.53 Å². The third-order valence-corrected chi connectivity index (χ3v) is 4.79. The number of halogens is 1. The maximum atomic E-state index is 12.7. The van der Waals surface area contributed by atoms with Crippen molar-refractivity contribution in [1.82, 2.24) is 4.90 Å². The number of ether oxygens (including phenoxy) is 1. The van der Waals surface area contributed by atoms with E-state index < -0.39 is 0 Å². The van der Waals surface area contributed by atoms with Crippen molar-refractivity contribution in [2.24, 2.45) is 5.73 Å². The number of hydrogen-bond acceptors (Lipinski definition) is 3. The number of rotatable bonds is 3. The van der Waals surface area contributed by atoms with Gasteiger partial charge in [-0.05, 0) is 37.3 Å². The van der Waals surface area contributed by atoms with Gasteiger partial charge in [0, 0.05) is 18.1 Å². The van der Waals surface area contributed by atoms with Gasteiger partial charge in [-0.2, -0.15) is 0 Å². The molecule has 1 aromatic rings. The van der Waals surface area contributed by atoms with E-state index in [4.69, 9.17) is 22.1 Å². The fourth-order valence-electron chi connectivity index (χ4n) is 3.34. The molecule has 2 heterocycles. The molecule has 1 aromatic carbocycles. The molecule has 2 aliphatic rings. The zero-order chi connectivity index (χ0) is 14.8. The molecule has 1 amide bonds. The Balaban J connectivity index is 1.75. The van der Waals surface area contributed by atoms with Gasteiger partial charge in [0.2, 0.25) is 0 Å². The van der Waals surface area contributed by atoms with Gasteiger partial charge in [0.15, 0.2) is 0 Å². The van der Waals surface area contributed by atoms with Gasteiger partial charge in [0.25, 0.3) is 5.91 Å². The second-order valence-corrected chi connectivity index (χ2v) is 6.18. The summed E-state index contributed by atoms with van der Waals surface area (Å²) in [7, 11) is 0. The number of hydrogen-bond donors (Lipinski definition) is 1. The third kappa shape index (κ3) is 2.93. The molecule has 0 aliphatic carbocycles. The first kappa shape index (κ1) is 14.8. The molecule has 0 saturated carbocycles. The van der Waals surface area contributed by atoms with Crippen molar-refractivity contribution >= 4 is 17.5 Å². The zero-order valence-electron chi connectivity index (χ0n) is 12.0. The highest BCUT2D eigenvalue weighted by atomic mass is 35.5. The topological polar surface area (TPSA) is 55.6 Å². The van der Waals surface area contributed by atoms with E-state index in [1.807, 2.05) is 29.2 Å². The molecule has 0 radical (unpaired) electrons. The third-order valence-electron chi connectivity index (χ3n) is 4.45. The number of amides is 1. The fraction of sp³-hybridized carbons (Fsp3) is 0.562. The number of carbonyl (C=O) groups excluding carboxylic acids is 1. The van der Waals surface area contributed by atoms with Crippen molar-refractivity contribution in [2.75, 3.05) is 13.1 Å². The van der Waals surface area contributed by atoms with Gasteiger partial charge in [-0.3, -0.25) is 4.79 Å². The van der Waals surface area contributed by atoms with Crippen molar-refractivity contribution in [3.8, 4) is 0 Å². The van der Waals surface area contributed by atoms with Crippen LogP contribution in [0.15, 0.2) is 24.3 Å². The Labute approximate surface area is 130 Å². The maximum absolute atomic E-state index is 12.7. The second kappa shape index (κ2) is 6.34. The normalized spacial score (nSPS) is 29.0. The Morgan fingerprint density at radius 1 is 1.33 bits per heavy atom. The molecule has 3 atom stereocenters. The van der Waals surface area contributed by atoms with E-state index in [2.05, 4.69) is 0 Å². The molecule has 0 aromatic heterocycles. The predicted octanol–water partition coefficient (Wildman–Crippen LogP) is 2.51. The maximum Gasteiger partial charge on any atom is 0.252 e. The van der Waals surface area contributed by atoms with Gasteiger partial charge in [-0.25, -0.2) is 0 Å². The summed E-state index contributed by atoms with van der Waals surface area (Å²) in [5.74, 6) is 0.0911. The number of likely N-dealkylation sites (tertiary alicyclic amines) is 1. The SMILES string of the molecule is NCC1CCC(C(=O)N2CCCC2c2ccccc2Cl)O1. The average Bonchev–Trinajstić information content (AvgIpc) is 3.16. The summed E-state index contributed by atoms with van der Waals surface area (Å²) in [6.07, 6.45) is 3.31. The van der Waals surface area contributed by atoms with Crippen molar-refractivity contribution in [3.63, 3.8) is 0 Å². The lowest BCUT2D eigenvalue weighted by molar-refractivity contribution is -0.143. The van der Waals surface area contributed by atoms with Crippen LogP contribution in [-0.2, 0) is 9.53 Å². The Hall–Kier alpha value is -1.10. The first-order valence-corrected chi connectivity index (χ1v) is 7.99. The van der Waals surface area contributed by atoms with Gasteiger partial charge >= 0.3 is 0 Å². The summed E-state index contributed by atoms with van der Waals surface area (Å²) in [6, 6.07) is 7.86. The molecule has 0 bridgehead atoms. The van der Waals surface area contributed by atoms with Crippen LogP contribution in [0.1, 0.15) is 37.3 Å². The standard InChI is InChI=1S/C16H21ClN2O2/c17-13-5-2-1-4-12(13)14-6-3-9-19(14)16(20)15-8-7-11(10-18)21-15/h1-2,4-5,11,14-15H,3,6-10,18H2. The molecule has 2 fully saturated rings. The van der Waals surface area contributed by atoms with Crippen molar-refractivity contribution in [3.05, 3.63) is 34.9 Å². The lowest BCUT2D eigenvalue weighted by atomic mass is 10.0. The summed E-state index contributed by atoms with van der Waals surface area (Å²) < 4.78 is 5.75. The minimum Gasteiger partial charge on any atom is -0.364 e. The van der Waals surface area contributed by atoms with E-state index in [0.717, 1.165) is 42.8 Å². The number of carbonyl (C=O) groups is 1. The van der Waals surface area contributed by atoms with Crippen molar-refractivity contribution in [2.45, 2.75) is 43.9 Å². The monoisotopic (exact) mass is 308 g/mol. The minimum atomic E-state index is -0.332. The molecule has 2 N–H and O–H groups in total. The van der Waals surface area contributed by atoms with Crippen LogP contribution in [0.4, 0.5) is 0 Å². The highest BCUT2D eigenvalue weighted by molar-refractivity contribution is 6.31. The number of nitrogens with zero attached hydrogens (tertiary/aromatic N) is 1. The number of nitrogens with two attached hydrogens (primary N) is 1. The predicted molar refractivity (Wildman–Crippen MR) is 82.1 cm³/mol. The average molecular weight is 309 g/mol. The van der Waals surface area contributed by atoms with Gasteiger partial charge in [0.05, 0.1) is 12.1 Å². The Morgan fingerprint density at radius 2 is 2.14 bits per heavy atom. The molecule has 0 spiro atoms. The molecule has 5 heteroatoms. The van der Waals surface area contributed by atoms with E-state index in [-0.39, 0.29) is 24.2 Å². The van der Waals surface area contributed by atoms with E-state index in [9.17, 15) is 4.79 Å². The fourth-order valence-corrected chi connectivity index (χ4v) is 3.61. The largest absolute Gasteiger partial charge is 0.364 e. The van der Waals surface area contributed by atoms with Crippen LogP contribution in [0.2, 0.25) is 5.02 Å². The first-order chi connectivity index (χ1) is 10.2. The Kier molecular flexibility index (Phi) is 4.48. The van der Waals surface area contributed by atoms with E-state index >= 15 is 0 Å². The lowest BCUT2D eigenvalue weighted by Gasteiger charge is -2.28. The van der Waals surface area contributed by atoms with Crippen LogP contribution in [-0.4, -0.2) is 36.1 Å². The van der Waals surface area contributed by atoms with E-state index in [1.165, 1.54) is 0 Å². The molecule has 114 valence electrons. The minimum absolute atomic E-state index is 0.0281. The van der Waals surface area contributed by atoms with Crippen LogP contribution < -0.4 is 5.73 Å². The molecule has 4 nitrogen and oxygen atoms in total. The summed E-state index contributed by atoms with van der Waals surface area (Å²) in [4.78, 5) is 14.7. The molecular formula is C16H21ClN2O2. The van der Waals surface area contributed by atoms with Gasteiger partial charge in [-0.1, -0.05) is 29.8 Å². The summed E-state index contributed by atoms with van der Waals surface area (Å²) >= 11 is 6.29. The number of benzene rings is 1. The van der Waals surface area contributed by atoms with Crippen LogP contribution in [0.25, 0.3) is 0 Å². The van der Waals surface area contributed by atoms with Gasteiger partial charge in [0.1, 0.15) is 6.10 Å². The highest BCUT2D eigenvalue weighted by Gasteiger charge is 2.38. The molecular weight excluding hydrogens is 288 g/mol. The highest BCUT2D eigenvalue weighted by Crippen LogP contribution is 2.37. The lowest BCUT2D eigenvalue weighted by Crippen LogP contribution is -2.39.